The Kier molecular flexibility index (Phi) is 22.9. The Morgan fingerprint density at radius 2 is 1.23 bits per heavy atom. The summed E-state index contributed by atoms with van der Waals surface area (Å²) in [5.41, 5.74) is 0. The summed E-state index contributed by atoms with van der Waals surface area (Å²) in [4.78, 5) is 11.9. The number of carbonyl (C=O) groups excluding carboxylic acids is 1. The van der Waals surface area contributed by atoms with Crippen LogP contribution in [0.5, 0.6) is 0 Å². The van der Waals surface area contributed by atoms with E-state index in [2.05, 4.69) is 12.2 Å². The van der Waals surface area contributed by atoms with Crippen molar-refractivity contribution in [1.29, 1.82) is 0 Å². The van der Waals surface area contributed by atoms with Gasteiger partial charge < -0.3 is 15.5 Å². The SMILES string of the molecule is CCCCCCCCCCCCCCCCC(C(=O)NCC(O)CO)S(=O)(=O)O.[Na]. The zero-order chi connectivity index (χ0) is 22.0. The molecule has 2 unspecified atom stereocenters. The smallest absolute Gasteiger partial charge is 0.276 e. The van der Waals surface area contributed by atoms with E-state index in [0.29, 0.717) is 6.42 Å². The summed E-state index contributed by atoms with van der Waals surface area (Å²) in [5, 5.41) is 18.7. The monoisotopic (exact) mass is 460 g/mol. The summed E-state index contributed by atoms with van der Waals surface area (Å²) in [6, 6.07) is 0. The minimum Gasteiger partial charge on any atom is -0.394 e. The van der Waals surface area contributed by atoms with Crippen molar-refractivity contribution < 1.29 is 28.0 Å². The maximum Gasteiger partial charge on any atom is 0.276 e. The van der Waals surface area contributed by atoms with E-state index in [-0.39, 0.29) is 42.5 Å². The van der Waals surface area contributed by atoms with Gasteiger partial charge in [-0.3, -0.25) is 9.35 Å². The standard InChI is InChI=1S/C21H43NO6S.Na/c1-2-3-4-5-6-7-8-9-10-11-12-13-14-15-16-20(29(26,27)28)21(25)22-17-19(24)18-23;/h19-20,23-24H,2-18H2,1H3,(H,22,25)(H,26,27,28);. The molecule has 0 rings (SSSR count). The van der Waals surface area contributed by atoms with Crippen LogP contribution in [-0.2, 0) is 14.9 Å². The Balaban J connectivity index is 0. The fourth-order valence-corrected chi connectivity index (χ4v) is 4.15. The van der Waals surface area contributed by atoms with Gasteiger partial charge in [0.25, 0.3) is 10.1 Å². The molecular formula is C21H43NNaO6S. The predicted molar refractivity (Wildman–Crippen MR) is 122 cm³/mol. The molecule has 0 heterocycles. The van der Waals surface area contributed by atoms with E-state index in [4.69, 9.17) is 5.11 Å². The number of aliphatic hydroxyl groups excluding tert-OH is 2. The molecule has 30 heavy (non-hydrogen) atoms. The van der Waals surface area contributed by atoms with Gasteiger partial charge >= 0.3 is 0 Å². The molecule has 0 aliphatic rings. The first-order valence-corrected chi connectivity index (χ1v) is 12.9. The number of aliphatic hydroxyl groups is 2. The molecular weight excluding hydrogens is 417 g/mol. The van der Waals surface area contributed by atoms with E-state index in [9.17, 15) is 22.9 Å². The first kappa shape index (κ1) is 32.5. The second-order valence-corrected chi connectivity index (χ2v) is 9.57. The van der Waals surface area contributed by atoms with Gasteiger partial charge in [-0.2, -0.15) is 8.42 Å². The average Bonchev–Trinajstić information content (AvgIpc) is 2.67. The molecule has 0 spiro atoms. The van der Waals surface area contributed by atoms with Crippen molar-refractivity contribution in [2.75, 3.05) is 13.2 Å². The van der Waals surface area contributed by atoms with Crippen molar-refractivity contribution >= 4 is 45.6 Å². The first-order chi connectivity index (χ1) is 13.8. The zero-order valence-corrected chi connectivity index (χ0v) is 22.0. The van der Waals surface area contributed by atoms with Crippen LogP contribution in [0.15, 0.2) is 0 Å². The minimum absolute atomic E-state index is 0. The Morgan fingerprint density at radius 1 is 0.833 bits per heavy atom. The van der Waals surface area contributed by atoms with Crippen molar-refractivity contribution in [2.45, 2.75) is 115 Å². The molecule has 175 valence electrons. The normalized spacial score (nSPS) is 13.5. The number of hydrogen-bond acceptors (Lipinski definition) is 5. The Hall–Kier alpha value is 0.300. The van der Waals surface area contributed by atoms with E-state index < -0.39 is 34.0 Å². The maximum atomic E-state index is 11.9. The van der Waals surface area contributed by atoms with Crippen LogP contribution in [0.3, 0.4) is 0 Å². The third kappa shape index (κ3) is 19.0. The van der Waals surface area contributed by atoms with Crippen molar-refractivity contribution in [2.24, 2.45) is 0 Å². The molecule has 9 heteroatoms. The van der Waals surface area contributed by atoms with Gasteiger partial charge in [-0.15, -0.1) is 0 Å². The second kappa shape index (κ2) is 21.2. The molecule has 0 aromatic carbocycles. The molecule has 4 N–H and O–H groups in total. The summed E-state index contributed by atoms with van der Waals surface area (Å²) < 4.78 is 32.1. The summed E-state index contributed by atoms with van der Waals surface area (Å²) in [5.74, 6) is -0.838. The minimum atomic E-state index is -4.49. The van der Waals surface area contributed by atoms with Crippen LogP contribution in [-0.4, -0.2) is 83.2 Å². The van der Waals surface area contributed by atoms with E-state index in [1.165, 1.54) is 64.2 Å². The Labute approximate surface area is 205 Å². The van der Waals surface area contributed by atoms with Crippen molar-refractivity contribution in [3.8, 4) is 0 Å². The number of nitrogens with one attached hydrogen (secondary N) is 1. The molecule has 1 amide bonds. The van der Waals surface area contributed by atoms with Crippen LogP contribution in [0.1, 0.15) is 103 Å². The molecule has 0 aromatic rings. The number of rotatable bonds is 20. The Morgan fingerprint density at radius 3 is 1.60 bits per heavy atom. The van der Waals surface area contributed by atoms with Gasteiger partial charge in [-0.1, -0.05) is 96.8 Å². The van der Waals surface area contributed by atoms with E-state index in [1.54, 1.807) is 0 Å². The van der Waals surface area contributed by atoms with Crippen molar-refractivity contribution in [1.82, 2.24) is 5.32 Å². The van der Waals surface area contributed by atoms with E-state index >= 15 is 0 Å². The van der Waals surface area contributed by atoms with Crippen LogP contribution in [0.25, 0.3) is 0 Å². The number of carbonyl (C=O) groups is 1. The zero-order valence-electron chi connectivity index (χ0n) is 19.2. The third-order valence-electron chi connectivity index (χ3n) is 5.19. The summed E-state index contributed by atoms with van der Waals surface area (Å²) in [6.07, 6.45) is 15.4. The molecule has 0 saturated carbocycles. The van der Waals surface area contributed by atoms with Gasteiger partial charge in [0, 0.05) is 36.1 Å². The summed E-state index contributed by atoms with van der Waals surface area (Å²) in [6.45, 7) is 1.45. The molecule has 0 aromatic heterocycles. The molecule has 0 saturated heterocycles. The van der Waals surface area contributed by atoms with Gasteiger partial charge in [0.2, 0.25) is 5.91 Å². The average molecular weight is 461 g/mol. The fourth-order valence-electron chi connectivity index (χ4n) is 3.34. The van der Waals surface area contributed by atoms with Crippen LogP contribution in [0.4, 0.5) is 0 Å². The number of unbranched alkanes of at least 4 members (excludes halogenated alkanes) is 13. The summed E-state index contributed by atoms with van der Waals surface area (Å²) >= 11 is 0. The van der Waals surface area contributed by atoms with Crippen molar-refractivity contribution in [3.05, 3.63) is 0 Å². The number of amides is 1. The quantitative estimate of drug-likeness (QED) is 0.126. The van der Waals surface area contributed by atoms with Crippen LogP contribution >= 0.6 is 0 Å². The van der Waals surface area contributed by atoms with Gasteiger partial charge in [-0.05, 0) is 6.42 Å². The topological polar surface area (TPSA) is 124 Å². The third-order valence-corrected chi connectivity index (χ3v) is 6.36. The largest absolute Gasteiger partial charge is 0.394 e. The first-order valence-electron chi connectivity index (χ1n) is 11.4. The van der Waals surface area contributed by atoms with Gasteiger partial charge in [-0.25, -0.2) is 0 Å². The molecule has 0 fully saturated rings. The molecule has 0 aliphatic heterocycles. The van der Waals surface area contributed by atoms with Crippen molar-refractivity contribution in [3.63, 3.8) is 0 Å². The van der Waals surface area contributed by atoms with E-state index in [1.807, 2.05) is 0 Å². The van der Waals surface area contributed by atoms with Crippen LogP contribution in [0, 0.1) is 0 Å². The van der Waals surface area contributed by atoms with Gasteiger partial charge in [0.15, 0.2) is 5.25 Å². The summed E-state index contributed by atoms with van der Waals surface area (Å²) in [7, 11) is -4.49. The second-order valence-electron chi connectivity index (χ2n) is 7.97. The molecule has 0 bridgehead atoms. The Bertz CT molecular complexity index is 504. The predicted octanol–water partition coefficient (Wildman–Crippen LogP) is 3.20. The molecule has 0 aliphatic carbocycles. The molecule has 2 atom stereocenters. The fraction of sp³-hybridized carbons (Fsp3) is 0.952. The van der Waals surface area contributed by atoms with E-state index in [0.717, 1.165) is 19.3 Å². The van der Waals surface area contributed by atoms with Crippen LogP contribution < -0.4 is 5.32 Å². The number of hydrogen-bond donors (Lipinski definition) is 4. The molecule has 1 radical (unpaired) electrons. The molecule has 7 nitrogen and oxygen atoms in total. The maximum absolute atomic E-state index is 11.9. The van der Waals surface area contributed by atoms with Gasteiger partial charge in [0.05, 0.1) is 12.7 Å². The van der Waals surface area contributed by atoms with Gasteiger partial charge in [0.1, 0.15) is 0 Å². The van der Waals surface area contributed by atoms with Crippen LogP contribution in [0.2, 0.25) is 0 Å².